The van der Waals surface area contributed by atoms with Crippen LogP contribution in [-0.4, -0.2) is 86.3 Å². The zero-order valence-corrected chi connectivity index (χ0v) is 17.1. The van der Waals surface area contributed by atoms with E-state index in [1.54, 1.807) is 36.1 Å². The van der Waals surface area contributed by atoms with E-state index in [1.165, 1.54) is 0 Å². The third-order valence-corrected chi connectivity index (χ3v) is 4.24. The van der Waals surface area contributed by atoms with Crippen LogP contribution in [0, 0.1) is 0 Å². The number of benzene rings is 1. The maximum Gasteiger partial charge on any atom is 0.409 e. The van der Waals surface area contributed by atoms with Crippen LogP contribution in [0.2, 0.25) is 5.02 Å². The minimum Gasteiger partial charge on any atom is -0.491 e. The van der Waals surface area contributed by atoms with Crippen molar-refractivity contribution in [3.63, 3.8) is 0 Å². The second kappa shape index (κ2) is 13.0. The lowest BCUT2D eigenvalue weighted by Gasteiger charge is -2.34. The van der Waals surface area contributed by atoms with Crippen LogP contribution in [0.1, 0.15) is 6.92 Å². The summed E-state index contributed by atoms with van der Waals surface area (Å²) in [7, 11) is 0. The number of β-amino-alcohol motifs (C(OH)–C–C–N with tert-alkyl or cyclic N) is 1. The number of aliphatic hydroxyl groups excluding tert-OH is 1. The average Bonchev–Trinajstić information content (AvgIpc) is 2.64. The average molecular weight is 423 g/mol. The number of ether oxygens (including phenoxy) is 3. The largest absolute Gasteiger partial charge is 0.491 e. The highest BCUT2D eigenvalue weighted by Gasteiger charge is 2.23. The van der Waals surface area contributed by atoms with Gasteiger partial charge in [-0.15, -0.1) is 12.4 Å². The van der Waals surface area contributed by atoms with Gasteiger partial charge in [-0.3, -0.25) is 4.90 Å². The molecule has 0 saturated carbocycles. The van der Waals surface area contributed by atoms with Crippen LogP contribution in [0.5, 0.6) is 5.75 Å². The van der Waals surface area contributed by atoms with Crippen LogP contribution >= 0.6 is 24.0 Å². The Morgan fingerprint density at radius 3 is 2.48 bits per heavy atom. The quantitative estimate of drug-likeness (QED) is 0.615. The fraction of sp³-hybridized carbons (Fsp3) is 0.611. The zero-order valence-electron chi connectivity index (χ0n) is 15.5. The highest BCUT2D eigenvalue weighted by Crippen LogP contribution is 2.15. The first kappa shape index (κ1) is 23.8. The Balaban J connectivity index is 0.00000364. The van der Waals surface area contributed by atoms with Crippen molar-refractivity contribution >= 4 is 30.1 Å². The van der Waals surface area contributed by atoms with Crippen molar-refractivity contribution in [3.05, 3.63) is 29.3 Å². The smallest absolute Gasteiger partial charge is 0.409 e. The zero-order chi connectivity index (χ0) is 18.8. The van der Waals surface area contributed by atoms with E-state index in [2.05, 4.69) is 4.90 Å². The molecule has 154 valence electrons. The third-order valence-electron chi connectivity index (χ3n) is 3.99. The van der Waals surface area contributed by atoms with E-state index in [1.807, 2.05) is 0 Å². The van der Waals surface area contributed by atoms with Gasteiger partial charge in [0.05, 0.1) is 25.9 Å². The SMILES string of the molecule is CCOC(=O)N1CCN(CC(O)COCCOc2ccc(Cl)cc2)CC1.Cl. The van der Waals surface area contributed by atoms with Crippen molar-refractivity contribution in [2.75, 3.05) is 59.2 Å². The summed E-state index contributed by atoms with van der Waals surface area (Å²) in [6.45, 7) is 6.43. The number of hydrogen-bond donors (Lipinski definition) is 1. The third kappa shape index (κ3) is 8.99. The second-order valence-corrected chi connectivity index (χ2v) is 6.45. The van der Waals surface area contributed by atoms with E-state index >= 15 is 0 Å². The molecule has 1 heterocycles. The van der Waals surface area contributed by atoms with Crippen molar-refractivity contribution in [2.45, 2.75) is 13.0 Å². The number of hydrogen-bond acceptors (Lipinski definition) is 6. The van der Waals surface area contributed by atoms with Gasteiger partial charge in [-0.1, -0.05) is 11.6 Å². The molecule has 1 amide bonds. The molecule has 2 rings (SSSR count). The van der Waals surface area contributed by atoms with Crippen LogP contribution < -0.4 is 4.74 Å². The Hall–Kier alpha value is -1.25. The van der Waals surface area contributed by atoms with Crippen molar-refractivity contribution < 1.29 is 24.1 Å². The molecule has 27 heavy (non-hydrogen) atoms. The summed E-state index contributed by atoms with van der Waals surface area (Å²) in [6.07, 6.45) is -0.837. The van der Waals surface area contributed by atoms with E-state index < -0.39 is 6.10 Å². The molecule has 0 bridgehead atoms. The molecular formula is C18H28Cl2N2O5. The van der Waals surface area contributed by atoms with Gasteiger partial charge in [-0.25, -0.2) is 4.79 Å². The predicted octanol–water partition coefficient (Wildman–Crippen LogP) is 2.29. The number of piperazine rings is 1. The molecule has 7 nitrogen and oxygen atoms in total. The number of carbonyl (C=O) groups excluding carboxylic acids is 1. The Morgan fingerprint density at radius 1 is 1.19 bits per heavy atom. The lowest BCUT2D eigenvalue weighted by Crippen LogP contribution is -2.51. The molecule has 1 N–H and O–H groups in total. The van der Waals surface area contributed by atoms with Gasteiger partial charge in [0, 0.05) is 37.7 Å². The summed E-state index contributed by atoms with van der Waals surface area (Å²) >= 11 is 5.81. The summed E-state index contributed by atoms with van der Waals surface area (Å²) in [4.78, 5) is 15.5. The van der Waals surface area contributed by atoms with E-state index in [0.717, 1.165) is 18.8 Å². The Kier molecular flexibility index (Phi) is 11.5. The molecule has 1 atom stereocenters. The van der Waals surface area contributed by atoms with Crippen molar-refractivity contribution in [3.8, 4) is 5.75 Å². The molecule has 1 unspecified atom stereocenters. The van der Waals surface area contributed by atoms with Gasteiger partial charge in [0.25, 0.3) is 0 Å². The van der Waals surface area contributed by atoms with Crippen LogP contribution in [-0.2, 0) is 9.47 Å². The number of nitrogens with zero attached hydrogens (tertiary/aromatic N) is 2. The fourth-order valence-electron chi connectivity index (χ4n) is 2.65. The molecule has 9 heteroatoms. The second-order valence-electron chi connectivity index (χ2n) is 6.02. The van der Waals surface area contributed by atoms with Gasteiger partial charge in [0.15, 0.2) is 0 Å². The fourth-order valence-corrected chi connectivity index (χ4v) is 2.77. The Labute approximate surface area is 171 Å². The van der Waals surface area contributed by atoms with E-state index in [0.29, 0.717) is 44.5 Å². The first-order valence-electron chi connectivity index (χ1n) is 8.86. The van der Waals surface area contributed by atoms with Gasteiger partial charge < -0.3 is 24.2 Å². The summed E-state index contributed by atoms with van der Waals surface area (Å²) in [5, 5.41) is 10.7. The Morgan fingerprint density at radius 2 is 1.85 bits per heavy atom. The van der Waals surface area contributed by atoms with Gasteiger partial charge >= 0.3 is 6.09 Å². The maximum atomic E-state index is 11.6. The van der Waals surface area contributed by atoms with E-state index in [-0.39, 0.29) is 25.1 Å². The minimum atomic E-state index is -0.570. The molecule has 0 aliphatic carbocycles. The molecule has 1 aliphatic heterocycles. The van der Waals surface area contributed by atoms with Crippen LogP contribution in [0.25, 0.3) is 0 Å². The summed E-state index contributed by atoms with van der Waals surface area (Å²) in [6, 6.07) is 7.13. The standard InChI is InChI=1S/C18H27ClN2O5.ClH/c1-2-25-18(23)21-9-7-20(8-10-21)13-16(22)14-24-11-12-26-17-5-3-15(19)4-6-17;/h3-6,16,22H,2,7-14H2,1H3;1H. The van der Waals surface area contributed by atoms with Gasteiger partial charge in [-0.05, 0) is 31.2 Å². The molecule has 0 aromatic heterocycles. The molecule has 0 radical (unpaired) electrons. The Bertz CT molecular complexity index is 539. The number of carbonyl (C=O) groups is 1. The van der Waals surface area contributed by atoms with Crippen LogP contribution in [0.4, 0.5) is 4.79 Å². The predicted molar refractivity (Wildman–Crippen MR) is 106 cm³/mol. The minimum absolute atomic E-state index is 0. The lowest BCUT2D eigenvalue weighted by atomic mass is 10.3. The molecule has 1 fully saturated rings. The van der Waals surface area contributed by atoms with Crippen molar-refractivity contribution in [1.29, 1.82) is 0 Å². The van der Waals surface area contributed by atoms with Crippen molar-refractivity contribution in [2.24, 2.45) is 0 Å². The van der Waals surface area contributed by atoms with Gasteiger partial charge in [-0.2, -0.15) is 0 Å². The summed E-state index contributed by atoms with van der Waals surface area (Å²) < 4.78 is 16.0. The highest BCUT2D eigenvalue weighted by molar-refractivity contribution is 6.30. The molecule has 1 saturated heterocycles. The molecule has 1 aromatic rings. The van der Waals surface area contributed by atoms with Crippen LogP contribution in [0.15, 0.2) is 24.3 Å². The van der Waals surface area contributed by atoms with E-state index in [9.17, 15) is 9.90 Å². The topological polar surface area (TPSA) is 71.5 Å². The van der Waals surface area contributed by atoms with Crippen molar-refractivity contribution in [1.82, 2.24) is 9.80 Å². The molecular weight excluding hydrogens is 395 g/mol. The first-order valence-corrected chi connectivity index (χ1v) is 9.24. The monoisotopic (exact) mass is 422 g/mol. The lowest BCUT2D eigenvalue weighted by molar-refractivity contribution is -0.0000927. The number of amides is 1. The molecule has 1 aliphatic rings. The van der Waals surface area contributed by atoms with Crippen LogP contribution in [0.3, 0.4) is 0 Å². The number of rotatable bonds is 9. The van der Waals surface area contributed by atoms with Gasteiger partial charge in [0.2, 0.25) is 0 Å². The highest BCUT2D eigenvalue weighted by atomic mass is 35.5. The molecule has 1 aromatic carbocycles. The summed E-state index contributed by atoms with van der Waals surface area (Å²) in [5.41, 5.74) is 0. The summed E-state index contributed by atoms with van der Waals surface area (Å²) in [5.74, 6) is 0.734. The van der Waals surface area contributed by atoms with E-state index in [4.69, 9.17) is 25.8 Å². The molecule has 0 spiro atoms. The first-order chi connectivity index (χ1) is 12.6. The maximum absolute atomic E-state index is 11.6. The number of aliphatic hydroxyl groups is 1. The van der Waals surface area contributed by atoms with Gasteiger partial charge in [0.1, 0.15) is 12.4 Å². The number of halogens is 2. The normalized spacial score (nSPS) is 15.7.